The second kappa shape index (κ2) is 8.28. The Morgan fingerprint density at radius 3 is 2.54 bits per heavy atom. The molecule has 3 nitrogen and oxygen atoms in total. The molecule has 0 fully saturated rings. The molecule has 2 rings (SSSR count). The second-order valence-electron chi connectivity index (χ2n) is 5.71. The molecule has 0 aromatic heterocycles. The van der Waals surface area contributed by atoms with E-state index in [1.165, 1.54) is 18.2 Å². The molecule has 0 radical (unpaired) electrons. The molecule has 0 aliphatic heterocycles. The van der Waals surface area contributed by atoms with Gasteiger partial charge in [-0.2, -0.15) is 0 Å². The van der Waals surface area contributed by atoms with Gasteiger partial charge in [-0.1, -0.05) is 42.2 Å². The van der Waals surface area contributed by atoms with Crippen LogP contribution in [0.25, 0.3) is 0 Å². The average Bonchev–Trinajstić information content (AvgIpc) is 2.58. The van der Waals surface area contributed by atoms with Crippen LogP contribution in [0.2, 0.25) is 0 Å². The van der Waals surface area contributed by atoms with Gasteiger partial charge in [-0.25, -0.2) is 4.39 Å². The van der Waals surface area contributed by atoms with E-state index in [0.717, 1.165) is 5.56 Å². The maximum absolute atomic E-state index is 13.5. The fraction of sp³-hybridized carbons (Fsp3) is 0.250. The first-order valence-electron chi connectivity index (χ1n) is 7.86. The van der Waals surface area contributed by atoms with Crippen LogP contribution in [0.4, 0.5) is 4.39 Å². The van der Waals surface area contributed by atoms with Crippen molar-refractivity contribution in [1.29, 1.82) is 0 Å². The first-order valence-corrected chi connectivity index (χ1v) is 7.86. The van der Waals surface area contributed by atoms with Crippen LogP contribution in [-0.2, 0) is 6.54 Å². The summed E-state index contributed by atoms with van der Waals surface area (Å²) < 4.78 is 13.5. The van der Waals surface area contributed by atoms with Crippen molar-refractivity contribution >= 4 is 5.91 Å². The van der Waals surface area contributed by atoms with Gasteiger partial charge in [-0.15, -0.1) is 0 Å². The molecule has 1 amide bonds. The Morgan fingerprint density at radius 1 is 1.21 bits per heavy atom. The summed E-state index contributed by atoms with van der Waals surface area (Å²) in [5, 5.41) is 0. The van der Waals surface area contributed by atoms with Crippen LogP contribution in [0, 0.1) is 17.7 Å². The highest BCUT2D eigenvalue weighted by atomic mass is 19.1. The quantitative estimate of drug-likeness (QED) is 0.878. The fourth-order valence-corrected chi connectivity index (χ4v) is 2.38. The van der Waals surface area contributed by atoms with Crippen molar-refractivity contribution in [3.05, 3.63) is 71.0 Å². The molecule has 0 heterocycles. The van der Waals surface area contributed by atoms with Gasteiger partial charge in [0.25, 0.3) is 5.91 Å². The summed E-state index contributed by atoms with van der Waals surface area (Å²) in [6.07, 6.45) is 0. The lowest BCUT2D eigenvalue weighted by atomic mass is 10.0. The van der Waals surface area contributed by atoms with E-state index in [2.05, 4.69) is 11.8 Å². The zero-order valence-corrected chi connectivity index (χ0v) is 13.9. The van der Waals surface area contributed by atoms with Crippen molar-refractivity contribution in [3.8, 4) is 11.8 Å². The van der Waals surface area contributed by atoms with E-state index < -0.39 is 5.82 Å². The average molecular weight is 324 g/mol. The van der Waals surface area contributed by atoms with Gasteiger partial charge in [0.05, 0.1) is 12.1 Å². The zero-order chi connectivity index (χ0) is 17.5. The number of rotatable bonds is 4. The molecular weight excluding hydrogens is 303 g/mol. The number of amides is 1. The predicted octanol–water partition coefficient (Wildman–Crippen LogP) is 3.19. The van der Waals surface area contributed by atoms with Gasteiger partial charge in [0.15, 0.2) is 0 Å². The van der Waals surface area contributed by atoms with Gasteiger partial charge in [-0.3, -0.25) is 4.79 Å². The SMILES string of the molecule is CC(C)N(Cc1ccccc1)C(=O)c1ccc(F)cc1C#CCN. The van der Waals surface area contributed by atoms with E-state index in [0.29, 0.717) is 17.7 Å². The highest BCUT2D eigenvalue weighted by Gasteiger charge is 2.21. The predicted molar refractivity (Wildman–Crippen MR) is 93.8 cm³/mol. The normalized spacial score (nSPS) is 10.2. The lowest BCUT2D eigenvalue weighted by Gasteiger charge is -2.27. The van der Waals surface area contributed by atoms with Crippen molar-refractivity contribution < 1.29 is 9.18 Å². The number of hydrogen-bond acceptors (Lipinski definition) is 2. The van der Waals surface area contributed by atoms with E-state index in [1.807, 2.05) is 44.2 Å². The summed E-state index contributed by atoms with van der Waals surface area (Å²) in [4.78, 5) is 14.7. The van der Waals surface area contributed by atoms with Gasteiger partial charge in [0.1, 0.15) is 5.82 Å². The third-order valence-electron chi connectivity index (χ3n) is 3.62. The minimum Gasteiger partial charge on any atom is -0.332 e. The third kappa shape index (κ3) is 4.43. The molecule has 4 heteroatoms. The van der Waals surface area contributed by atoms with Crippen molar-refractivity contribution in [3.63, 3.8) is 0 Å². The van der Waals surface area contributed by atoms with Gasteiger partial charge in [0.2, 0.25) is 0 Å². The molecule has 0 saturated carbocycles. The molecule has 0 unspecified atom stereocenters. The molecule has 0 aliphatic carbocycles. The molecule has 0 atom stereocenters. The Morgan fingerprint density at radius 2 is 1.92 bits per heavy atom. The van der Waals surface area contributed by atoms with Crippen LogP contribution in [0.1, 0.15) is 35.3 Å². The van der Waals surface area contributed by atoms with Crippen molar-refractivity contribution in [2.75, 3.05) is 6.54 Å². The molecule has 2 aromatic rings. The molecule has 0 saturated heterocycles. The van der Waals surface area contributed by atoms with Gasteiger partial charge in [0, 0.05) is 18.2 Å². The van der Waals surface area contributed by atoms with E-state index in [9.17, 15) is 9.18 Å². The van der Waals surface area contributed by atoms with Gasteiger partial charge < -0.3 is 10.6 Å². The lowest BCUT2D eigenvalue weighted by Crippen LogP contribution is -2.36. The number of halogens is 1. The summed E-state index contributed by atoms with van der Waals surface area (Å²) in [6, 6.07) is 13.8. The maximum Gasteiger partial charge on any atom is 0.255 e. The molecule has 24 heavy (non-hydrogen) atoms. The Balaban J connectivity index is 2.36. The molecular formula is C20H21FN2O. The van der Waals surface area contributed by atoms with E-state index >= 15 is 0 Å². The first-order chi connectivity index (χ1) is 11.5. The maximum atomic E-state index is 13.5. The Bertz CT molecular complexity index is 760. The zero-order valence-electron chi connectivity index (χ0n) is 13.9. The molecule has 0 bridgehead atoms. The number of nitrogens with zero attached hydrogens (tertiary/aromatic N) is 1. The van der Waals surface area contributed by atoms with Crippen LogP contribution < -0.4 is 5.73 Å². The fourth-order valence-electron chi connectivity index (χ4n) is 2.38. The number of carbonyl (C=O) groups excluding carboxylic acids is 1. The molecule has 2 N–H and O–H groups in total. The molecule has 124 valence electrons. The van der Waals surface area contributed by atoms with Crippen LogP contribution in [0.15, 0.2) is 48.5 Å². The minimum atomic E-state index is -0.424. The second-order valence-corrected chi connectivity index (χ2v) is 5.71. The lowest BCUT2D eigenvalue weighted by molar-refractivity contribution is 0.0690. The highest BCUT2D eigenvalue weighted by Crippen LogP contribution is 2.17. The van der Waals surface area contributed by atoms with Gasteiger partial charge >= 0.3 is 0 Å². The van der Waals surface area contributed by atoms with Crippen molar-refractivity contribution in [2.45, 2.75) is 26.4 Å². The highest BCUT2D eigenvalue weighted by molar-refractivity contribution is 5.97. The van der Waals surface area contributed by atoms with Crippen LogP contribution in [0.3, 0.4) is 0 Å². The molecule has 0 aliphatic rings. The van der Waals surface area contributed by atoms with Crippen LogP contribution in [-0.4, -0.2) is 23.4 Å². The van der Waals surface area contributed by atoms with E-state index in [-0.39, 0.29) is 18.5 Å². The monoisotopic (exact) mass is 324 g/mol. The Hall–Kier alpha value is -2.64. The summed E-state index contributed by atoms with van der Waals surface area (Å²) >= 11 is 0. The van der Waals surface area contributed by atoms with E-state index in [4.69, 9.17) is 5.73 Å². The van der Waals surface area contributed by atoms with Gasteiger partial charge in [-0.05, 0) is 37.6 Å². The summed E-state index contributed by atoms with van der Waals surface area (Å²) in [7, 11) is 0. The number of nitrogens with two attached hydrogens (primary N) is 1. The van der Waals surface area contributed by atoms with Crippen molar-refractivity contribution in [1.82, 2.24) is 4.90 Å². The summed E-state index contributed by atoms with van der Waals surface area (Å²) in [5.41, 5.74) is 7.18. The van der Waals surface area contributed by atoms with Crippen LogP contribution >= 0.6 is 0 Å². The first kappa shape index (κ1) is 17.7. The smallest absolute Gasteiger partial charge is 0.255 e. The largest absolute Gasteiger partial charge is 0.332 e. The summed E-state index contributed by atoms with van der Waals surface area (Å²) in [6.45, 7) is 4.55. The van der Waals surface area contributed by atoms with Crippen LogP contribution in [0.5, 0.6) is 0 Å². The summed E-state index contributed by atoms with van der Waals surface area (Å²) in [5.74, 6) is 4.88. The number of hydrogen-bond donors (Lipinski definition) is 1. The Kier molecular flexibility index (Phi) is 6.11. The molecule has 2 aromatic carbocycles. The number of benzene rings is 2. The Labute approximate surface area is 142 Å². The standard InChI is InChI=1S/C20H21FN2O/c1-15(2)23(14-16-7-4-3-5-8-16)20(24)19-11-10-18(21)13-17(19)9-6-12-22/h3-5,7-8,10-11,13,15H,12,14,22H2,1-2H3. The van der Waals surface area contributed by atoms with Crippen molar-refractivity contribution in [2.24, 2.45) is 5.73 Å². The topological polar surface area (TPSA) is 46.3 Å². The molecule has 0 spiro atoms. The number of carbonyl (C=O) groups is 1. The van der Waals surface area contributed by atoms with E-state index in [1.54, 1.807) is 4.90 Å². The minimum absolute atomic E-state index is 0.00178. The third-order valence-corrected chi connectivity index (χ3v) is 3.62.